The molecular formula is C17H19FN2O. The lowest BCUT2D eigenvalue weighted by atomic mass is 10.1. The van der Waals surface area contributed by atoms with Crippen molar-refractivity contribution in [3.05, 3.63) is 65.5 Å². The van der Waals surface area contributed by atoms with Crippen LogP contribution < -0.4 is 10.6 Å². The Kier molecular flexibility index (Phi) is 5.06. The first kappa shape index (κ1) is 15.2. The molecule has 0 heterocycles. The molecule has 0 aliphatic heterocycles. The molecule has 21 heavy (non-hydrogen) atoms. The standard InChI is InChI=1S/C17H19FN2O/c1-12-8-9-14(10-16(12)18)13(2)19-11-17(21)20-15-6-4-3-5-7-15/h3-10,13,19H,11H2,1-2H3,(H,20,21). The van der Waals surface area contributed by atoms with Crippen LogP contribution in [-0.4, -0.2) is 12.5 Å². The molecule has 4 heteroatoms. The largest absolute Gasteiger partial charge is 0.325 e. The summed E-state index contributed by atoms with van der Waals surface area (Å²) in [5.41, 5.74) is 2.21. The Labute approximate surface area is 124 Å². The van der Waals surface area contributed by atoms with Crippen molar-refractivity contribution in [1.29, 1.82) is 0 Å². The fraction of sp³-hybridized carbons (Fsp3) is 0.235. The molecule has 2 rings (SSSR count). The monoisotopic (exact) mass is 286 g/mol. The van der Waals surface area contributed by atoms with Crippen molar-refractivity contribution in [2.75, 3.05) is 11.9 Å². The number of hydrogen-bond donors (Lipinski definition) is 2. The van der Waals surface area contributed by atoms with Gasteiger partial charge in [0.25, 0.3) is 0 Å². The van der Waals surface area contributed by atoms with Gasteiger partial charge in [0.2, 0.25) is 5.91 Å². The van der Waals surface area contributed by atoms with E-state index in [1.54, 1.807) is 13.0 Å². The molecule has 0 spiro atoms. The van der Waals surface area contributed by atoms with Crippen LogP contribution >= 0.6 is 0 Å². The van der Waals surface area contributed by atoms with E-state index in [9.17, 15) is 9.18 Å². The SMILES string of the molecule is Cc1ccc(C(C)NCC(=O)Nc2ccccc2)cc1F. The van der Waals surface area contributed by atoms with Gasteiger partial charge in [-0.05, 0) is 43.2 Å². The summed E-state index contributed by atoms with van der Waals surface area (Å²) >= 11 is 0. The third kappa shape index (κ3) is 4.39. The Morgan fingerprint density at radius 1 is 1.19 bits per heavy atom. The topological polar surface area (TPSA) is 41.1 Å². The fourth-order valence-corrected chi connectivity index (χ4v) is 1.97. The molecule has 110 valence electrons. The van der Waals surface area contributed by atoms with Crippen molar-refractivity contribution in [3.8, 4) is 0 Å². The molecular weight excluding hydrogens is 267 g/mol. The van der Waals surface area contributed by atoms with Gasteiger partial charge in [-0.3, -0.25) is 4.79 Å². The lowest BCUT2D eigenvalue weighted by Gasteiger charge is -2.15. The zero-order valence-electron chi connectivity index (χ0n) is 12.2. The maximum absolute atomic E-state index is 13.5. The summed E-state index contributed by atoms with van der Waals surface area (Å²) in [6.07, 6.45) is 0. The Morgan fingerprint density at radius 3 is 2.57 bits per heavy atom. The van der Waals surface area contributed by atoms with Gasteiger partial charge in [0, 0.05) is 11.7 Å². The molecule has 1 unspecified atom stereocenters. The quantitative estimate of drug-likeness (QED) is 0.884. The molecule has 0 aliphatic rings. The minimum Gasteiger partial charge on any atom is -0.325 e. The normalized spacial score (nSPS) is 12.0. The highest BCUT2D eigenvalue weighted by atomic mass is 19.1. The summed E-state index contributed by atoms with van der Waals surface area (Å²) < 4.78 is 13.5. The van der Waals surface area contributed by atoms with Crippen LogP contribution in [0.5, 0.6) is 0 Å². The van der Waals surface area contributed by atoms with Crippen LogP contribution in [0, 0.1) is 12.7 Å². The van der Waals surface area contributed by atoms with Crippen LogP contribution in [0.15, 0.2) is 48.5 Å². The van der Waals surface area contributed by atoms with Crippen LogP contribution in [0.1, 0.15) is 24.1 Å². The molecule has 3 nitrogen and oxygen atoms in total. The Hall–Kier alpha value is -2.20. The summed E-state index contributed by atoms with van der Waals surface area (Å²) in [4.78, 5) is 11.8. The van der Waals surface area contributed by atoms with Crippen molar-refractivity contribution < 1.29 is 9.18 Å². The van der Waals surface area contributed by atoms with Crippen molar-refractivity contribution >= 4 is 11.6 Å². The van der Waals surface area contributed by atoms with Crippen molar-refractivity contribution in [2.24, 2.45) is 0 Å². The second kappa shape index (κ2) is 6.99. The highest BCUT2D eigenvalue weighted by Crippen LogP contribution is 2.16. The minimum absolute atomic E-state index is 0.0957. The molecule has 0 bridgehead atoms. The first-order chi connectivity index (χ1) is 10.1. The van der Waals surface area contributed by atoms with Gasteiger partial charge in [0.1, 0.15) is 5.82 Å². The lowest BCUT2D eigenvalue weighted by molar-refractivity contribution is -0.115. The van der Waals surface area contributed by atoms with Gasteiger partial charge < -0.3 is 10.6 Å². The number of aryl methyl sites for hydroxylation is 1. The lowest BCUT2D eigenvalue weighted by Crippen LogP contribution is -2.30. The zero-order valence-corrected chi connectivity index (χ0v) is 12.2. The zero-order chi connectivity index (χ0) is 15.2. The van der Waals surface area contributed by atoms with Crippen molar-refractivity contribution in [1.82, 2.24) is 5.32 Å². The van der Waals surface area contributed by atoms with Crippen molar-refractivity contribution in [3.63, 3.8) is 0 Å². The molecule has 0 fully saturated rings. The van der Waals surface area contributed by atoms with Gasteiger partial charge in [0.05, 0.1) is 6.54 Å². The van der Waals surface area contributed by atoms with Crippen LogP contribution in [0.4, 0.5) is 10.1 Å². The number of hydrogen-bond acceptors (Lipinski definition) is 2. The minimum atomic E-state index is -0.227. The summed E-state index contributed by atoms with van der Waals surface area (Å²) in [5, 5.41) is 5.88. The number of rotatable bonds is 5. The summed E-state index contributed by atoms with van der Waals surface area (Å²) in [7, 11) is 0. The van der Waals surface area contributed by atoms with E-state index >= 15 is 0 Å². The number of nitrogens with one attached hydrogen (secondary N) is 2. The molecule has 0 saturated heterocycles. The third-order valence-corrected chi connectivity index (χ3v) is 3.32. The predicted octanol–water partition coefficient (Wildman–Crippen LogP) is 3.42. The van der Waals surface area contributed by atoms with Gasteiger partial charge in [-0.1, -0.05) is 30.3 Å². The number of carbonyl (C=O) groups excluding carboxylic acids is 1. The smallest absolute Gasteiger partial charge is 0.238 e. The molecule has 1 atom stereocenters. The van der Waals surface area contributed by atoms with Gasteiger partial charge in [-0.2, -0.15) is 0 Å². The molecule has 1 amide bonds. The Balaban J connectivity index is 1.87. The van der Waals surface area contributed by atoms with Gasteiger partial charge in [-0.25, -0.2) is 4.39 Å². The number of carbonyl (C=O) groups is 1. The first-order valence-electron chi connectivity index (χ1n) is 6.90. The number of benzene rings is 2. The highest BCUT2D eigenvalue weighted by molar-refractivity contribution is 5.92. The Morgan fingerprint density at radius 2 is 1.90 bits per heavy atom. The summed E-state index contributed by atoms with van der Waals surface area (Å²) in [5.74, 6) is -0.351. The molecule has 0 aliphatic carbocycles. The van der Waals surface area contributed by atoms with E-state index in [0.717, 1.165) is 11.3 Å². The van der Waals surface area contributed by atoms with E-state index in [2.05, 4.69) is 10.6 Å². The molecule has 0 saturated carbocycles. The third-order valence-electron chi connectivity index (χ3n) is 3.32. The van der Waals surface area contributed by atoms with Crippen LogP contribution in [0.2, 0.25) is 0 Å². The number of anilines is 1. The highest BCUT2D eigenvalue weighted by Gasteiger charge is 2.09. The average molecular weight is 286 g/mol. The Bertz CT molecular complexity index is 613. The van der Waals surface area contributed by atoms with Gasteiger partial charge in [-0.15, -0.1) is 0 Å². The first-order valence-corrected chi connectivity index (χ1v) is 6.90. The van der Waals surface area contributed by atoms with E-state index in [0.29, 0.717) is 5.56 Å². The van der Waals surface area contributed by atoms with Crippen LogP contribution in [0.25, 0.3) is 0 Å². The van der Waals surface area contributed by atoms with E-state index < -0.39 is 0 Å². The maximum atomic E-state index is 13.5. The van der Waals surface area contributed by atoms with E-state index in [-0.39, 0.29) is 24.3 Å². The number of amides is 1. The van der Waals surface area contributed by atoms with E-state index in [1.165, 1.54) is 6.07 Å². The fourth-order valence-electron chi connectivity index (χ4n) is 1.97. The summed E-state index contributed by atoms with van der Waals surface area (Å²) in [6, 6.07) is 14.3. The second-order valence-electron chi connectivity index (χ2n) is 5.03. The molecule has 2 aromatic rings. The van der Waals surface area contributed by atoms with E-state index in [1.807, 2.05) is 43.3 Å². The van der Waals surface area contributed by atoms with Crippen molar-refractivity contribution in [2.45, 2.75) is 19.9 Å². The second-order valence-corrected chi connectivity index (χ2v) is 5.03. The molecule has 2 aromatic carbocycles. The summed E-state index contributed by atoms with van der Waals surface area (Å²) in [6.45, 7) is 3.80. The average Bonchev–Trinajstić information content (AvgIpc) is 2.48. The van der Waals surface area contributed by atoms with Crippen LogP contribution in [-0.2, 0) is 4.79 Å². The molecule has 0 radical (unpaired) electrons. The number of para-hydroxylation sites is 1. The van der Waals surface area contributed by atoms with E-state index in [4.69, 9.17) is 0 Å². The maximum Gasteiger partial charge on any atom is 0.238 e. The molecule has 0 aromatic heterocycles. The predicted molar refractivity (Wildman–Crippen MR) is 82.6 cm³/mol. The van der Waals surface area contributed by atoms with Gasteiger partial charge in [0.15, 0.2) is 0 Å². The molecule has 2 N–H and O–H groups in total. The number of halogens is 1. The van der Waals surface area contributed by atoms with Crippen LogP contribution in [0.3, 0.4) is 0 Å². The van der Waals surface area contributed by atoms with Gasteiger partial charge >= 0.3 is 0 Å².